The second kappa shape index (κ2) is 15.4. The Labute approximate surface area is 222 Å². The summed E-state index contributed by atoms with van der Waals surface area (Å²) >= 11 is 0. The number of para-hydroxylation sites is 1. The fourth-order valence-corrected chi connectivity index (χ4v) is 5.19. The predicted octanol–water partition coefficient (Wildman–Crippen LogP) is 6.86. The third-order valence-electron chi connectivity index (χ3n) is 7.28. The summed E-state index contributed by atoms with van der Waals surface area (Å²) in [5.41, 5.74) is 1.61. The number of carbonyl (C=O) groups excluding carboxylic acids is 2. The number of nitrogens with zero attached hydrogens (tertiary/aromatic N) is 1. The molecule has 3 rings (SSSR count). The van der Waals surface area contributed by atoms with Crippen molar-refractivity contribution in [3.63, 3.8) is 0 Å². The minimum Gasteiger partial charge on any atom is -0.493 e. The number of hydrogen-bond acceptors (Lipinski definition) is 4. The van der Waals surface area contributed by atoms with Gasteiger partial charge in [-0.3, -0.25) is 4.79 Å². The summed E-state index contributed by atoms with van der Waals surface area (Å²) in [6.07, 6.45) is 10.8. The maximum Gasteiger partial charge on any atom is 0.338 e. The molecule has 0 aromatic heterocycles. The molecule has 0 bridgehead atoms. The predicted molar refractivity (Wildman–Crippen MR) is 149 cm³/mol. The van der Waals surface area contributed by atoms with Crippen LogP contribution in [0.5, 0.6) is 5.75 Å². The lowest BCUT2D eigenvalue weighted by atomic mass is 10.1. The van der Waals surface area contributed by atoms with Gasteiger partial charge >= 0.3 is 5.97 Å². The number of anilines is 1. The Morgan fingerprint density at radius 1 is 0.811 bits per heavy atom. The Bertz CT molecular complexity index is 967. The van der Waals surface area contributed by atoms with Gasteiger partial charge in [0.15, 0.2) is 0 Å². The molecule has 0 unspecified atom stereocenters. The van der Waals surface area contributed by atoms with Gasteiger partial charge < -0.3 is 19.3 Å². The SMILES string of the molecule is CCCCCCCCOc1ccccc1C(=O)Nc1ccc(C(=O)OCC[N+]2(CCC)CCCC2)cc1. The molecular weight excluding hydrogens is 464 g/mol. The average molecular weight is 510 g/mol. The number of hydrogen-bond donors (Lipinski definition) is 1. The summed E-state index contributed by atoms with van der Waals surface area (Å²) < 4.78 is 12.6. The average Bonchev–Trinajstić information content (AvgIpc) is 3.37. The van der Waals surface area contributed by atoms with Crippen LogP contribution in [-0.4, -0.2) is 55.8 Å². The number of amides is 1. The van der Waals surface area contributed by atoms with Crippen molar-refractivity contribution in [2.24, 2.45) is 0 Å². The van der Waals surface area contributed by atoms with E-state index in [-0.39, 0.29) is 11.9 Å². The van der Waals surface area contributed by atoms with Gasteiger partial charge in [-0.1, -0.05) is 58.1 Å². The van der Waals surface area contributed by atoms with Gasteiger partial charge in [0.25, 0.3) is 5.91 Å². The highest BCUT2D eigenvalue weighted by Crippen LogP contribution is 2.22. The van der Waals surface area contributed by atoms with Gasteiger partial charge in [0, 0.05) is 18.5 Å². The fraction of sp³-hybridized carbons (Fsp3) is 0.548. The molecule has 0 spiro atoms. The molecule has 0 radical (unpaired) electrons. The van der Waals surface area contributed by atoms with E-state index in [1.807, 2.05) is 18.2 Å². The van der Waals surface area contributed by atoms with Crippen molar-refractivity contribution in [3.8, 4) is 5.75 Å². The standard InChI is InChI=1S/C31H44N2O4/c1-3-5-6-7-8-13-24-36-29-15-10-9-14-28(29)30(34)32-27-18-16-26(17-19-27)31(35)37-25-23-33(20-4-2)21-11-12-22-33/h9-10,14-19H,3-8,11-13,20-25H2,1-2H3/p+1. The molecule has 1 amide bonds. The second-order valence-electron chi connectivity index (χ2n) is 10.2. The van der Waals surface area contributed by atoms with Crippen molar-refractivity contribution in [1.29, 1.82) is 0 Å². The van der Waals surface area contributed by atoms with Crippen LogP contribution in [0.15, 0.2) is 48.5 Å². The molecule has 1 saturated heterocycles. The molecule has 37 heavy (non-hydrogen) atoms. The lowest BCUT2D eigenvalue weighted by Crippen LogP contribution is -2.48. The van der Waals surface area contributed by atoms with Gasteiger partial charge in [-0.25, -0.2) is 4.79 Å². The van der Waals surface area contributed by atoms with E-state index in [9.17, 15) is 9.59 Å². The molecule has 202 valence electrons. The zero-order valence-corrected chi connectivity index (χ0v) is 22.8. The number of ether oxygens (including phenoxy) is 2. The van der Waals surface area contributed by atoms with Crippen molar-refractivity contribution in [1.82, 2.24) is 0 Å². The van der Waals surface area contributed by atoms with E-state index >= 15 is 0 Å². The summed E-state index contributed by atoms with van der Waals surface area (Å²) in [5.74, 6) is 0.0415. The third kappa shape index (κ3) is 9.19. The maximum atomic E-state index is 12.9. The summed E-state index contributed by atoms with van der Waals surface area (Å²) in [5, 5.41) is 2.92. The summed E-state index contributed by atoms with van der Waals surface area (Å²) in [4.78, 5) is 25.5. The third-order valence-corrected chi connectivity index (χ3v) is 7.28. The smallest absolute Gasteiger partial charge is 0.338 e. The first kappa shape index (κ1) is 28.7. The van der Waals surface area contributed by atoms with E-state index in [1.54, 1.807) is 30.3 Å². The highest BCUT2D eigenvalue weighted by Gasteiger charge is 2.31. The molecule has 0 aliphatic carbocycles. The van der Waals surface area contributed by atoms with E-state index in [0.717, 1.165) is 36.8 Å². The van der Waals surface area contributed by atoms with Crippen molar-refractivity contribution >= 4 is 17.6 Å². The van der Waals surface area contributed by atoms with E-state index in [2.05, 4.69) is 19.2 Å². The molecule has 0 saturated carbocycles. The quantitative estimate of drug-likeness (QED) is 0.153. The van der Waals surface area contributed by atoms with Gasteiger partial charge in [-0.15, -0.1) is 0 Å². The molecule has 1 heterocycles. The van der Waals surface area contributed by atoms with Crippen LogP contribution >= 0.6 is 0 Å². The summed E-state index contributed by atoms with van der Waals surface area (Å²) in [6, 6.07) is 14.2. The number of likely N-dealkylation sites (tertiary alicyclic amines) is 1. The maximum absolute atomic E-state index is 12.9. The van der Waals surface area contributed by atoms with E-state index in [4.69, 9.17) is 9.47 Å². The van der Waals surface area contributed by atoms with Gasteiger partial charge in [0.2, 0.25) is 0 Å². The number of nitrogens with one attached hydrogen (secondary N) is 1. The highest BCUT2D eigenvalue weighted by molar-refractivity contribution is 6.06. The molecular formula is C31H45N2O4+. The molecule has 6 nitrogen and oxygen atoms in total. The number of rotatable bonds is 16. The number of quaternary nitrogens is 1. The number of carbonyl (C=O) groups is 2. The molecule has 1 fully saturated rings. The van der Waals surface area contributed by atoms with Crippen LogP contribution in [0.1, 0.15) is 92.4 Å². The topological polar surface area (TPSA) is 64.6 Å². The Balaban J connectivity index is 1.46. The lowest BCUT2D eigenvalue weighted by molar-refractivity contribution is -0.916. The first-order valence-electron chi connectivity index (χ1n) is 14.2. The number of unbranched alkanes of at least 4 members (excludes halogenated alkanes) is 5. The second-order valence-corrected chi connectivity index (χ2v) is 10.2. The fourth-order valence-electron chi connectivity index (χ4n) is 5.19. The normalized spacial score (nSPS) is 14.3. The van der Waals surface area contributed by atoms with Crippen LogP contribution in [-0.2, 0) is 4.74 Å². The first-order chi connectivity index (χ1) is 18.1. The van der Waals surface area contributed by atoms with Crippen LogP contribution in [0.4, 0.5) is 5.69 Å². The minimum atomic E-state index is -0.319. The van der Waals surface area contributed by atoms with Crippen LogP contribution in [0.25, 0.3) is 0 Å². The van der Waals surface area contributed by atoms with Crippen molar-refractivity contribution in [2.45, 2.75) is 71.6 Å². The molecule has 1 aliphatic heterocycles. The largest absolute Gasteiger partial charge is 0.493 e. The molecule has 1 N–H and O–H groups in total. The number of esters is 1. The zero-order chi connectivity index (χ0) is 26.3. The highest BCUT2D eigenvalue weighted by atomic mass is 16.5. The van der Waals surface area contributed by atoms with Gasteiger partial charge in [-0.05, 0) is 49.2 Å². The van der Waals surface area contributed by atoms with Gasteiger partial charge in [0.1, 0.15) is 18.9 Å². The van der Waals surface area contributed by atoms with Crippen molar-refractivity contribution in [3.05, 3.63) is 59.7 Å². The van der Waals surface area contributed by atoms with E-state index in [0.29, 0.717) is 35.8 Å². The molecule has 2 aromatic carbocycles. The number of benzene rings is 2. The van der Waals surface area contributed by atoms with Crippen LogP contribution < -0.4 is 10.1 Å². The minimum absolute atomic E-state index is 0.232. The van der Waals surface area contributed by atoms with E-state index in [1.165, 1.54) is 51.6 Å². The zero-order valence-electron chi connectivity index (χ0n) is 22.8. The molecule has 1 aliphatic rings. The summed E-state index contributed by atoms with van der Waals surface area (Å²) in [6.45, 7) is 9.88. The van der Waals surface area contributed by atoms with Crippen LogP contribution in [0.2, 0.25) is 0 Å². The Morgan fingerprint density at radius 3 is 2.24 bits per heavy atom. The van der Waals surface area contributed by atoms with Crippen molar-refractivity contribution in [2.75, 3.05) is 44.7 Å². The van der Waals surface area contributed by atoms with E-state index < -0.39 is 0 Å². The van der Waals surface area contributed by atoms with Crippen LogP contribution in [0, 0.1) is 0 Å². The first-order valence-corrected chi connectivity index (χ1v) is 14.2. The van der Waals surface area contributed by atoms with Gasteiger partial charge in [-0.2, -0.15) is 0 Å². The van der Waals surface area contributed by atoms with Crippen molar-refractivity contribution < 1.29 is 23.5 Å². The van der Waals surface area contributed by atoms with Crippen LogP contribution in [0.3, 0.4) is 0 Å². The summed E-state index contributed by atoms with van der Waals surface area (Å²) in [7, 11) is 0. The Hall–Kier alpha value is -2.86. The molecule has 0 atom stereocenters. The Kier molecular flexibility index (Phi) is 12.0. The lowest BCUT2D eigenvalue weighted by Gasteiger charge is -2.33. The molecule has 6 heteroatoms. The van der Waals surface area contributed by atoms with Gasteiger partial charge in [0.05, 0.1) is 37.4 Å². The molecule has 2 aromatic rings. The monoisotopic (exact) mass is 509 g/mol. The Morgan fingerprint density at radius 2 is 1.51 bits per heavy atom.